The van der Waals surface area contributed by atoms with Crippen molar-refractivity contribution in [3.05, 3.63) is 103 Å². The van der Waals surface area contributed by atoms with Crippen molar-refractivity contribution >= 4 is 40.1 Å². The van der Waals surface area contributed by atoms with Crippen LogP contribution in [0.2, 0.25) is 0 Å². The van der Waals surface area contributed by atoms with Crippen molar-refractivity contribution in [2.45, 2.75) is 19.9 Å². The van der Waals surface area contributed by atoms with Gasteiger partial charge in [0.15, 0.2) is 11.4 Å². The molecule has 5 rings (SSSR count). The van der Waals surface area contributed by atoms with E-state index in [0.29, 0.717) is 37.7 Å². The molecule has 0 aliphatic carbocycles. The number of benzene rings is 3. The summed E-state index contributed by atoms with van der Waals surface area (Å²) >= 11 is 1.20. The summed E-state index contributed by atoms with van der Waals surface area (Å²) in [5, 5.41) is 10.7. The molecule has 0 unspecified atom stereocenters. The van der Waals surface area contributed by atoms with E-state index in [1.807, 2.05) is 36.4 Å². The molecule has 1 aromatic heterocycles. The largest absolute Gasteiger partial charge is 0.496 e. The van der Waals surface area contributed by atoms with Crippen molar-refractivity contribution in [1.82, 2.24) is 4.57 Å². The molecule has 1 atom stereocenters. The molecule has 0 fully saturated rings. The number of aromatic nitrogens is 1. The lowest BCUT2D eigenvalue weighted by molar-refractivity contribution is -0.140. The van der Waals surface area contributed by atoms with Crippen LogP contribution in [-0.2, 0) is 14.3 Å². The maximum absolute atomic E-state index is 14.0. The van der Waals surface area contributed by atoms with Crippen molar-refractivity contribution in [3.63, 3.8) is 0 Å². The molecule has 0 amide bonds. The molecule has 0 radical (unpaired) electrons. The zero-order valence-corrected chi connectivity index (χ0v) is 22.9. The molecule has 1 N–H and O–H groups in total. The van der Waals surface area contributed by atoms with E-state index in [1.165, 1.54) is 15.9 Å². The number of thiazole rings is 1. The number of methoxy groups -OCH3 is 1. The fourth-order valence-corrected chi connectivity index (χ4v) is 5.84. The first-order chi connectivity index (χ1) is 19.3. The average Bonchev–Trinajstić information content (AvgIpc) is 3.24. The Hall–Kier alpha value is -4.70. The van der Waals surface area contributed by atoms with Crippen molar-refractivity contribution in [3.8, 4) is 11.5 Å². The lowest BCUT2D eigenvalue weighted by atomic mass is 9.90. The van der Waals surface area contributed by atoms with Gasteiger partial charge in [0, 0.05) is 5.56 Å². The highest BCUT2D eigenvalue weighted by atomic mass is 32.1. The number of aliphatic carboxylic acids is 1. The van der Waals surface area contributed by atoms with Crippen LogP contribution in [0.25, 0.3) is 16.8 Å². The Morgan fingerprint density at radius 3 is 2.67 bits per heavy atom. The third-order valence-corrected chi connectivity index (χ3v) is 7.44. The number of hydrogen-bond acceptors (Lipinski definition) is 8. The molecule has 3 aromatic carbocycles. The van der Waals surface area contributed by atoms with Gasteiger partial charge in [-0.15, -0.1) is 0 Å². The number of carboxylic acid groups (broad SMARTS) is 1. The van der Waals surface area contributed by atoms with Gasteiger partial charge in [-0.3, -0.25) is 9.36 Å². The average molecular weight is 559 g/mol. The number of carbonyl (C=O) groups excluding carboxylic acids is 1. The lowest BCUT2D eigenvalue weighted by Crippen LogP contribution is -2.40. The molecule has 0 spiro atoms. The quantitative estimate of drug-likeness (QED) is 0.330. The maximum Gasteiger partial charge on any atom is 0.341 e. The SMILES string of the molecule is CCOC(=O)C1=C(C)N=c2s/c(=C\c3cccc(OCC(=O)O)c3)c(=O)n2[C@H]1c1c(OC)ccc2ccccc12. The first kappa shape index (κ1) is 26.9. The molecule has 2 heterocycles. The van der Waals surface area contributed by atoms with Crippen LogP contribution < -0.4 is 24.4 Å². The second-order valence-corrected chi connectivity index (χ2v) is 9.97. The summed E-state index contributed by atoms with van der Waals surface area (Å²) in [5.41, 5.74) is 1.69. The first-order valence-corrected chi connectivity index (χ1v) is 13.3. The van der Waals surface area contributed by atoms with Gasteiger partial charge in [-0.05, 0) is 54.5 Å². The first-order valence-electron chi connectivity index (χ1n) is 12.5. The normalized spacial score (nSPS) is 15.0. The molecule has 204 valence electrons. The Labute approximate surface area is 232 Å². The van der Waals surface area contributed by atoms with E-state index in [2.05, 4.69) is 4.99 Å². The van der Waals surface area contributed by atoms with Gasteiger partial charge in [-0.2, -0.15) is 0 Å². The van der Waals surface area contributed by atoms with E-state index in [-0.39, 0.29) is 17.7 Å². The minimum Gasteiger partial charge on any atom is -0.496 e. The third-order valence-electron chi connectivity index (χ3n) is 6.46. The van der Waals surface area contributed by atoms with Gasteiger partial charge in [0.2, 0.25) is 0 Å². The van der Waals surface area contributed by atoms with Gasteiger partial charge in [-0.1, -0.05) is 53.8 Å². The van der Waals surface area contributed by atoms with Gasteiger partial charge < -0.3 is 19.3 Å². The molecule has 1 aliphatic rings. The van der Waals surface area contributed by atoms with E-state index in [4.69, 9.17) is 19.3 Å². The molecule has 0 saturated carbocycles. The minimum atomic E-state index is -1.09. The Kier molecular flexibility index (Phi) is 7.52. The van der Waals surface area contributed by atoms with Crippen LogP contribution in [-0.4, -0.2) is 41.9 Å². The zero-order valence-electron chi connectivity index (χ0n) is 22.0. The van der Waals surface area contributed by atoms with Crippen LogP contribution >= 0.6 is 11.3 Å². The summed E-state index contributed by atoms with van der Waals surface area (Å²) in [6.45, 7) is 3.15. The number of esters is 1. The molecule has 0 bridgehead atoms. The second kappa shape index (κ2) is 11.2. The summed E-state index contributed by atoms with van der Waals surface area (Å²) in [7, 11) is 1.55. The highest BCUT2D eigenvalue weighted by Crippen LogP contribution is 2.40. The molecule has 4 aromatic rings. The van der Waals surface area contributed by atoms with E-state index in [9.17, 15) is 14.4 Å². The number of nitrogens with zero attached hydrogens (tertiary/aromatic N) is 2. The predicted molar refractivity (Wildman–Crippen MR) is 150 cm³/mol. The predicted octanol–water partition coefficient (Wildman–Crippen LogP) is 3.42. The molecular formula is C30H26N2O7S. The highest BCUT2D eigenvalue weighted by molar-refractivity contribution is 7.07. The maximum atomic E-state index is 14.0. The highest BCUT2D eigenvalue weighted by Gasteiger charge is 2.36. The van der Waals surface area contributed by atoms with E-state index < -0.39 is 24.6 Å². The van der Waals surface area contributed by atoms with E-state index >= 15 is 0 Å². The van der Waals surface area contributed by atoms with Crippen LogP contribution in [0.4, 0.5) is 0 Å². The smallest absolute Gasteiger partial charge is 0.341 e. The van der Waals surface area contributed by atoms with Crippen molar-refractivity contribution in [1.29, 1.82) is 0 Å². The summed E-state index contributed by atoms with van der Waals surface area (Å²) in [5.74, 6) is -0.752. The Bertz CT molecular complexity index is 1850. The number of allylic oxidation sites excluding steroid dienone is 1. The number of ether oxygens (including phenoxy) is 3. The lowest BCUT2D eigenvalue weighted by Gasteiger charge is -2.27. The number of rotatable bonds is 8. The Morgan fingerprint density at radius 1 is 1.12 bits per heavy atom. The van der Waals surface area contributed by atoms with Gasteiger partial charge >= 0.3 is 11.9 Å². The topological polar surface area (TPSA) is 116 Å². The van der Waals surface area contributed by atoms with Gasteiger partial charge in [0.25, 0.3) is 5.56 Å². The second-order valence-electron chi connectivity index (χ2n) is 8.96. The molecule has 1 aliphatic heterocycles. The molecule has 40 heavy (non-hydrogen) atoms. The number of fused-ring (bicyclic) bond motifs is 2. The van der Waals surface area contributed by atoms with Crippen molar-refractivity contribution < 1.29 is 28.9 Å². The molecular weight excluding hydrogens is 532 g/mol. The standard InChI is InChI=1S/C30H26N2O7S/c1-4-38-29(36)25-17(2)31-30-32(27(25)26-21-11-6-5-9-19(21)12-13-22(26)37-3)28(35)23(40-30)15-18-8-7-10-20(14-18)39-16-24(33)34/h5-15,27H,4,16H2,1-3H3,(H,33,34)/b23-15-/t27-/m1/s1. The third kappa shape index (κ3) is 5.01. The van der Waals surface area contributed by atoms with Crippen molar-refractivity contribution in [2.75, 3.05) is 20.3 Å². The van der Waals surface area contributed by atoms with Crippen LogP contribution in [0, 0.1) is 0 Å². The molecule has 10 heteroatoms. The van der Waals surface area contributed by atoms with Gasteiger partial charge in [0.1, 0.15) is 17.5 Å². The van der Waals surface area contributed by atoms with Crippen LogP contribution in [0.5, 0.6) is 11.5 Å². The Morgan fingerprint density at radius 2 is 1.93 bits per heavy atom. The van der Waals surface area contributed by atoms with E-state index in [0.717, 1.165) is 10.8 Å². The fourth-order valence-electron chi connectivity index (χ4n) is 4.79. The van der Waals surface area contributed by atoms with Crippen LogP contribution in [0.3, 0.4) is 0 Å². The molecule has 9 nitrogen and oxygen atoms in total. The van der Waals surface area contributed by atoms with Crippen molar-refractivity contribution in [2.24, 2.45) is 4.99 Å². The zero-order chi connectivity index (χ0) is 28.4. The fraction of sp³-hybridized carbons (Fsp3) is 0.200. The van der Waals surface area contributed by atoms with Gasteiger partial charge in [-0.25, -0.2) is 14.6 Å². The van der Waals surface area contributed by atoms with Crippen LogP contribution in [0.1, 0.15) is 31.0 Å². The molecule has 0 saturated heterocycles. The summed E-state index contributed by atoms with van der Waals surface area (Å²) in [6.07, 6.45) is 1.69. The van der Waals surface area contributed by atoms with Gasteiger partial charge in [0.05, 0.1) is 29.5 Å². The van der Waals surface area contributed by atoms with Crippen LogP contribution in [0.15, 0.2) is 81.7 Å². The summed E-state index contributed by atoms with van der Waals surface area (Å²) in [4.78, 5) is 43.3. The summed E-state index contributed by atoms with van der Waals surface area (Å²) in [6, 6.07) is 17.4. The summed E-state index contributed by atoms with van der Waals surface area (Å²) < 4.78 is 18.4. The number of carboxylic acids is 1. The Balaban J connectivity index is 1.75. The minimum absolute atomic E-state index is 0.166. The monoisotopic (exact) mass is 558 g/mol. The van der Waals surface area contributed by atoms with E-state index in [1.54, 1.807) is 51.3 Å². The number of carbonyl (C=O) groups is 2. The number of hydrogen-bond donors (Lipinski definition) is 1.